The lowest BCUT2D eigenvalue weighted by Crippen LogP contribution is -2.06. The Labute approximate surface area is 60.9 Å². The molecule has 0 saturated heterocycles. The summed E-state index contributed by atoms with van der Waals surface area (Å²) in [5.41, 5.74) is 0. The third kappa shape index (κ3) is 0.956. The smallest absolute Gasteiger partial charge is 0.0545 e. The molecule has 0 amide bonds. The molecular weight excluding hydrogens is 128 g/mol. The molecule has 58 valence electrons. The maximum absolute atomic E-state index is 9.24. The Morgan fingerprint density at radius 2 is 1.00 bits per heavy atom. The fourth-order valence-corrected chi connectivity index (χ4v) is 2.55. The third-order valence-corrected chi connectivity index (χ3v) is 2.97. The van der Waals surface area contributed by atoms with Crippen molar-refractivity contribution in [2.75, 3.05) is 0 Å². The van der Waals surface area contributed by atoms with Crippen molar-refractivity contribution in [1.82, 2.24) is 0 Å². The van der Waals surface area contributed by atoms with Crippen molar-refractivity contribution in [1.29, 1.82) is 0 Å². The zero-order valence-corrected chi connectivity index (χ0v) is 6.03. The molecule has 2 N–H and O–H groups in total. The van der Waals surface area contributed by atoms with Crippen molar-refractivity contribution in [3.8, 4) is 0 Å². The van der Waals surface area contributed by atoms with Crippen LogP contribution < -0.4 is 0 Å². The maximum Gasteiger partial charge on any atom is 0.0545 e. The zero-order chi connectivity index (χ0) is 7.14. The molecule has 2 heteroatoms. The van der Waals surface area contributed by atoms with E-state index in [9.17, 15) is 10.2 Å². The molecule has 0 heterocycles. The van der Waals surface area contributed by atoms with Gasteiger partial charge in [-0.3, -0.25) is 0 Å². The first-order chi connectivity index (χ1) is 4.75. The predicted molar refractivity (Wildman–Crippen MR) is 37.5 cm³/mol. The Hall–Kier alpha value is -0.0800. The van der Waals surface area contributed by atoms with Crippen LogP contribution in [0.15, 0.2) is 0 Å². The number of aliphatic hydroxyl groups is 2. The van der Waals surface area contributed by atoms with E-state index in [0.717, 1.165) is 25.7 Å². The molecule has 0 aromatic rings. The van der Waals surface area contributed by atoms with E-state index in [1.54, 1.807) is 0 Å². The molecule has 2 aliphatic rings. The largest absolute Gasteiger partial charge is 0.393 e. The average molecular weight is 142 g/mol. The van der Waals surface area contributed by atoms with Gasteiger partial charge in [0.25, 0.3) is 0 Å². The summed E-state index contributed by atoms with van der Waals surface area (Å²) in [6.45, 7) is 0. The lowest BCUT2D eigenvalue weighted by Gasteiger charge is -2.04. The minimum Gasteiger partial charge on any atom is -0.393 e. The van der Waals surface area contributed by atoms with Crippen molar-refractivity contribution in [2.45, 2.75) is 37.9 Å². The second-order valence-corrected chi connectivity index (χ2v) is 3.77. The molecule has 0 unspecified atom stereocenters. The molecule has 2 rings (SSSR count). The molecule has 0 aromatic heterocycles. The third-order valence-electron chi connectivity index (χ3n) is 2.97. The number of hydrogen-bond acceptors (Lipinski definition) is 2. The van der Waals surface area contributed by atoms with Gasteiger partial charge in [0.2, 0.25) is 0 Å². The van der Waals surface area contributed by atoms with Gasteiger partial charge >= 0.3 is 0 Å². The van der Waals surface area contributed by atoms with E-state index in [4.69, 9.17) is 0 Å². The van der Waals surface area contributed by atoms with Gasteiger partial charge in [-0.05, 0) is 37.5 Å². The van der Waals surface area contributed by atoms with Gasteiger partial charge < -0.3 is 10.2 Å². The molecule has 10 heavy (non-hydrogen) atoms. The first-order valence-electron chi connectivity index (χ1n) is 4.12. The van der Waals surface area contributed by atoms with Crippen LogP contribution in [0.4, 0.5) is 0 Å². The fraction of sp³-hybridized carbons (Fsp3) is 1.00. The number of hydrogen-bond donors (Lipinski definition) is 2. The summed E-state index contributed by atoms with van der Waals surface area (Å²) >= 11 is 0. The van der Waals surface area contributed by atoms with E-state index in [0.29, 0.717) is 11.8 Å². The molecular formula is C8H14O2. The topological polar surface area (TPSA) is 40.5 Å². The number of aliphatic hydroxyl groups excluding tert-OH is 2. The van der Waals surface area contributed by atoms with Crippen LogP contribution in [0.2, 0.25) is 0 Å². The maximum atomic E-state index is 9.24. The minimum absolute atomic E-state index is 0.0671. The predicted octanol–water partition coefficient (Wildman–Crippen LogP) is 0.528. The lowest BCUT2D eigenvalue weighted by atomic mass is 10.0. The van der Waals surface area contributed by atoms with E-state index >= 15 is 0 Å². The molecule has 0 aromatic carbocycles. The van der Waals surface area contributed by atoms with E-state index < -0.39 is 0 Å². The molecule has 0 aliphatic heterocycles. The van der Waals surface area contributed by atoms with E-state index in [1.807, 2.05) is 0 Å². The minimum atomic E-state index is -0.0671. The number of rotatable bonds is 0. The summed E-state index contributed by atoms with van der Waals surface area (Å²) in [5, 5.41) is 18.5. The van der Waals surface area contributed by atoms with Crippen LogP contribution >= 0.6 is 0 Å². The van der Waals surface area contributed by atoms with E-state index in [2.05, 4.69) is 0 Å². The van der Waals surface area contributed by atoms with E-state index in [-0.39, 0.29) is 12.2 Å². The first-order valence-corrected chi connectivity index (χ1v) is 4.12. The molecule has 2 fully saturated rings. The first kappa shape index (κ1) is 6.62. The van der Waals surface area contributed by atoms with Gasteiger partial charge in [-0.25, -0.2) is 0 Å². The van der Waals surface area contributed by atoms with Crippen LogP contribution in [0.3, 0.4) is 0 Å². The Balaban J connectivity index is 2.00. The van der Waals surface area contributed by atoms with E-state index in [1.165, 1.54) is 0 Å². The summed E-state index contributed by atoms with van der Waals surface area (Å²) in [6, 6.07) is 0. The van der Waals surface area contributed by atoms with Crippen LogP contribution in [-0.4, -0.2) is 22.4 Å². The van der Waals surface area contributed by atoms with Crippen LogP contribution in [0.5, 0.6) is 0 Å². The highest BCUT2D eigenvalue weighted by atomic mass is 16.3. The Morgan fingerprint density at radius 1 is 0.700 bits per heavy atom. The monoisotopic (exact) mass is 142 g/mol. The summed E-state index contributed by atoms with van der Waals surface area (Å²) in [5.74, 6) is 1.26. The van der Waals surface area contributed by atoms with Gasteiger partial charge in [0.15, 0.2) is 0 Å². The van der Waals surface area contributed by atoms with Crippen molar-refractivity contribution < 1.29 is 10.2 Å². The van der Waals surface area contributed by atoms with Gasteiger partial charge in [-0.1, -0.05) is 0 Å². The Kier molecular flexibility index (Phi) is 1.46. The fourth-order valence-electron chi connectivity index (χ4n) is 2.55. The van der Waals surface area contributed by atoms with Crippen molar-refractivity contribution in [2.24, 2.45) is 11.8 Å². The summed E-state index contributed by atoms with van der Waals surface area (Å²) in [7, 11) is 0. The second-order valence-electron chi connectivity index (χ2n) is 3.77. The molecule has 2 saturated carbocycles. The summed E-state index contributed by atoms with van der Waals surface area (Å²) in [6.07, 6.45) is 3.59. The van der Waals surface area contributed by atoms with Crippen molar-refractivity contribution in [3.63, 3.8) is 0 Å². The standard InChI is InChI=1S/C8H14O2/c9-7-1-5-2-8(10)4-6(5)3-7/h5-10H,1-4H2. The van der Waals surface area contributed by atoms with Crippen LogP contribution in [0.25, 0.3) is 0 Å². The SMILES string of the molecule is OC1CC2CC(O)CC2C1. The molecule has 0 atom stereocenters. The highest BCUT2D eigenvalue weighted by Gasteiger charge is 2.40. The summed E-state index contributed by atoms with van der Waals surface area (Å²) in [4.78, 5) is 0. The number of fused-ring (bicyclic) bond motifs is 1. The zero-order valence-electron chi connectivity index (χ0n) is 6.03. The second kappa shape index (κ2) is 2.21. The Bertz CT molecular complexity index is 107. The van der Waals surface area contributed by atoms with Crippen LogP contribution in [0.1, 0.15) is 25.7 Å². The van der Waals surface area contributed by atoms with Crippen LogP contribution in [-0.2, 0) is 0 Å². The van der Waals surface area contributed by atoms with Gasteiger partial charge in [0, 0.05) is 0 Å². The van der Waals surface area contributed by atoms with Gasteiger partial charge in [0.05, 0.1) is 12.2 Å². The lowest BCUT2D eigenvalue weighted by molar-refractivity contribution is 0.139. The normalized spacial score (nSPS) is 53.4. The molecule has 0 bridgehead atoms. The summed E-state index contributed by atoms with van der Waals surface area (Å²) < 4.78 is 0. The average Bonchev–Trinajstić information content (AvgIpc) is 2.21. The highest BCUT2D eigenvalue weighted by molar-refractivity contribution is 4.91. The molecule has 2 aliphatic carbocycles. The molecule has 0 radical (unpaired) electrons. The Morgan fingerprint density at radius 3 is 1.30 bits per heavy atom. The quantitative estimate of drug-likeness (QED) is 0.518. The van der Waals surface area contributed by atoms with Crippen LogP contribution in [0, 0.1) is 11.8 Å². The van der Waals surface area contributed by atoms with Gasteiger partial charge in [0.1, 0.15) is 0 Å². The van der Waals surface area contributed by atoms with Gasteiger partial charge in [-0.2, -0.15) is 0 Å². The molecule has 2 nitrogen and oxygen atoms in total. The molecule has 0 spiro atoms. The highest BCUT2D eigenvalue weighted by Crippen LogP contribution is 2.43. The van der Waals surface area contributed by atoms with Crippen molar-refractivity contribution >= 4 is 0 Å². The van der Waals surface area contributed by atoms with Gasteiger partial charge in [-0.15, -0.1) is 0 Å². The van der Waals surface area contributed by atoms with Crippen molar-refractivity contribution in [3.05, 3.63) is 0 Å².